The van der Waals surface area contributed by atoms with E-state index in [4.69, 9.17) is 11.5 Å². The molecule has 1 rings (SSSR count). The molecule has 0 saturated heterocycles. The number of anilines is 2. The maximum Gasteiger partial charge on any atom is 1.00 e. The molecule has 1 aromatic carbocycles. The molecule has 1 aromatic rings. The summed E-state index contributed by atoms with van der Waals surface area (Å²) in [7, 11) is 0. The first-order chi connectivity index (χ1) is 3.80. The van der Waals surface area contributed by atoms with Crippen LogP contribution in [0.2, 0.25) is 0 Å². The van der Waals surface area contributed by atoms with Crippen LogP contribution in [0.5, 0.6) is 0 Å². The average Bonchev–Trinajstić information content (AvgIpc) is 1.77. The van der Waals surface area contributed by atoms with Crippen molar-refractivity contribution in [2.24, 2.45) is 0 Å². The Hall–Kier alpha value is 1.77. The van der Waals surface area contributed by atoms with Crippen LogP contribution >= 0.6 is 24.8 Å². The van der Waals surface area contributed by atoms with E-state index < -0.39 is 0 Å². The molecule has 0 unspecified atom stereocenters. The van der Waals surface area contributed by atoms with Crippen LogP contribution in [0.3, 0.4) is 0 Å². The van der Waals surface area contributed by atoms with E-state index in [1.807, 2.05) is 12.1 Å². The SMILES string of the molecule is Cl.Cl.Nc1ccccc1N.[I-].[K+]. The van der Waals surface area contributed by atoms with Gasteiger partial charge in [0.2, 0.25) is 0 Å². The van der Waals surface area contributed by atoms with Crippen LogP contribution in [0.15, 0.2) is 24.3 Å². The van der Waals surface area contributed by atoms with Crippen molar-refractivity contribution < 1.29 is 75.4 Å². The van der Waals surface area contributed by atoms with E-state index in [1.54, 1.807) is 12.1 Å². The third-order valence-electron chi connectivity index (χ3n) is 0.996. The molecule has 0 radical (unpaired) electrons. The van der Waals surface area contributed by atoms with Gasteiger partial charge in [0.1, 0.15) is 0 Å². The Morgan fingerprint density at radius 2 is 1.08 bits per heavy atom. The first kappa shape index (κ1) is 23.5. The zero-order valence-corrected chi connectivity index (χ0v) is 13.6. The second-order valence-electron chi connectivity index (χ2n) is 1.63. The zero-order valence-electron chi connectivity index (χ0n) is 6.66. The summed E-state index contributed by atoms with van der Waals surface area (Å²) in [5, 5.41) is 0. The molecule has 12 heavy (non-hydrogen) atoms. The summed E-state index contributed by atoms with van der Waals surface area (Å²) in [5.74, 6) is 0. The van der Waals surface area contributed by atoms with Gasteiger partial charge in [-0.25, -0.2) is 0 Å². The van der Waals surface area contributed by atoms with Crippen molar-refractivity contribution in [3.8, 4) is 0 Å². The van der Waals surface area contributed by atoms with Crippen molar-refractivity contribution in [2.75, 3.05) is 11.5 Å². The molecule has 0 amide bonds. The molecule has 0 atom stereocenters. The number of nitrogen functional groups attached to an aromatic ring is 2. The molecular weight excluding hydrogens is 337 g/mol. The first-order valence-electron chi connectivity index (χ1n) is 2.40. The second-order valence-corrected chi connectivity index (χ2v) is 1.63. The normalized spacial score (nSPS) is 6.00. The molecule has 0 aromatic heterocycles. The minimum Gasteiger partial charge on any atom is -1.00 e. The summed E-state index contributed by atoms with van der Waals surface area (Å²) in [6, 6.07) is 7.25. The Balaban J connectivity index is -0.0000000800. The zero-order chi connectivity index (χ0) is 5.98. The molecule has 0 fully saturated rings. The van der Waals surface area contributed by atoms with Gasteiger partial charge in [-0.3, -0.25) is 0 Å². The Bertz CT molecular complexity index is 180. The molecule has 0 bridgehead atoms. The number of rotatable bonds is 0. The van der Waals surface area contributed by atoms with E-state index in [0.717, 1.165) is 0 Å². The Morgan fingerprint density at radius 3 is 1.25 bits per heavy atom. The van der Waals surface area contributed by atoms with Crippen LogP contribution in [0.25, 0.3) is 0 Å². The van der Waals surface area contributed by atoms with Gasteiger partial charge in [0.05, 0.1) is 11.4 Å². The Kier molecular flexibility index (Phi) is 25.0. The van der Waals surface area contributed by atoms with Gasteiger partial charge < -0.3 is 35.4 Å². The van der Waals surface area contributed by atoms with E-state index in [2.05, 4.69) is 0 Å². The molecule has 6 heteroatoms. The summed E-state index contributed by atoms with van der Waals surface area (Å²) < 4.78 is 0. The molecule has 4 N–H and O–H groups in total. The molecule has 0 spiro atoms. The third-order valence-corrected chi connectivity index (χ3v) is 0.996. The predicted molar refractivity (Wildman–Crippen MR) is 49.8 cm³/mol. The summed E-state index contributed by atoms with van der Waals surface area (Å²) >= 11 is 0. The Labute approximate surface area is 144 Å². The van der Waals surface area contributed by atoms with Crippen LogP contribution in [-0.4, -0.2) is 0 Å². The van der Waals surface area contributed by atoms with Crippen molar-refractivity contribution >= 4 is 36.2 Å². The molecule has 0 saturated carbocycles. The van der Waals surface area contributed by atoms with E-state index in [9.17, 15) is 0 Å². The molecule has 0 aliphatic carbocycles. The average molecular weight is 347 g/mol. The fourth-order valence-corrected chi connectivity index (χ4v) is 0.511. The number of benzene rings is 1. The predicted octanol–water partition coefficient (Wildman–Crippen LogP) is -4.30. The first-order valence-corrected chi connectivity index (χ1v) is 2.40. The van der Waals surface area contributed by atoms with E-state index in [0.29, 0.717) is 11.4 Å². The number of nitrogens with two attached hydrogens (primary N) is 2. The summed E-state index contributed by atoms with van der Waals surface area (Å²) in [4.78, 5) is 0. The van der Waals surface area contributed by atoms with Crippen LogP contribution in [0.4, 0.5) is 11.4 Å². The smallest absolute Gasteiger partial charge is 1.00 e. The number of hydrogen-bond donors (Lipinski definition) is 2. The Morgan fingerprint density at radius 1 is 0.833 bits per heavy atom. The molecule has 0 heterocycles. The van der Waals surface area contributed by atoms with Crippen molar-refractivity contribution in [1.29, 1.82) is 0 Å². The summed E-state index contributed by atoms with van der Waals surface area (Å²) in [5.41, 5.74) is 12.1. The van der Waals surface area contributed by atoms with Gasteiger partial charge >= 0.3 is 51.4 Å². The third kappa shape index (κ3) is 8.37. The van der Waals surface area contributed by atoms with Crippen LogP contribution in [0, 0.1) is 0 Å². The standard InChI is InChI=1S/C6H8N2.2ClH.HI.K/c7-5-3-1-2-4-6(5)8;;;;/h1-4H,7-8H2;3*1H;/q;;;;+1/p-1. The number of halogens is 3. The largest absolute Gasteiger partial charge is 1.00 e. The number of hydrogen-bond acceptors (Lipinski definition) is 2. The van der Waals surface area contributed by atoms with Gasteiger partial charge in [-0.15, -0.1) is 24.8 Å². The van der Waals surface area contributed by atoms with Gasteiger partial charge in [-0.2, -0.15) is 0 Å². The monoisotopic (exact) mass is 346 g/mol. The van der Waals surface area contributed by atoms with E-state index in [-0.39, 0.29) is 100 Å². The summed E-state index contributed by atoms with van der Waals surface area (Å²) in [6.45, 7) is 0. The van der Waals surface area contributed by atoms with Gasteiger partial charge in [0.25, 0.3) is 0 Å². The van der Waals surface area contributed by atoms with Crippen LogP contribution < -0.4 is 86.8 Å². The second kappa shape index (κ2) is 12.8. The van der Waals surface area contributed by atoms with Crippen LogP contribution in [0.1, 0.15) is 0 Å². The maximum absolute atomic E-state index is 5.39. The fourth-order valence-electron chi connectivity index (χ4n) is 0.511. The van der Waals surface area contributed by atoms with Crippen molar-refractivity contribution in [3.05, 3.63) is 24.3 Å². The fraction of sp³-hybridized carbons (Fsp3) is 0. The molecule has 2 nitrogen and oxygen atoms in total. The van der Waals surface area contributed by atoms with Gasteiger partial charge in [0, 0.05) is 0 Å². The van der Waals surface area contributed by atoms with Crippen molar-refractivity contribution in [2.45, 2.75) is 0 Å². The maximum atomic E-state index is 5.39. The van der Waals surface area contributed by atoms with E-state index >= 15 is 0 Å². The minimum atomic E-state index is 0. The summed E-state index contributed by atoms with van der Waals surface area (Å²) in [6.07, 6.45) is 0. The molecule has 0 aliphatic heterocycles. The van der Waals surface area contributed by atoms with Gasteiger partial charge in [0.15, 0.2) is 0 Å². The van der Waals surface area contributed by atoms with E-state index in [1.165, 1.54) is 0 Å². The molecular formula is C6H10Cl2IKN2. The van der Waals surface area contributed by atoms with Crippen LogP contribution in [-0.2, 0) is 0 Å². The minimum absolute atomic E-state index is 0. The molecule has 66 valence electrons. The topological polar surface area (TPSA) is 52.0 Å². The van der Waals surface area contributed by atoms with Crippen molar-refractivity contribution in [3.63, 3.8) is 0 Å². The van der Waals surface area contributed by atoms with Gasteiger partial charge in [-0.1, -0.05) is 12.1 Å². The van der Waals surface area contributed by atoms with Crippen molar-refractivity contribution in [1.82, 2.24) is 0 Å². The quantitative estimate of drug-likeness (QED) is 0.284. The van der Waals surface area contributed by atoms with Gasteiger partial charge in [-0.05, 0) is 12.1 Å². The molecule has 0 aliphatic rings. The number of para-hydroxylation sites is 2.